The summed E-state index contributed by atoms with van der Waals surface area (Å²) in [5.41, 5.74) is -3.85. The van der Waals surface area contributed by atoms with Crippen molar-refractivity contribution in [3.8, 4) is 16.5 Å². The lowest BCUT2D eigenvalue weighted by molar-refractivity contribution is -0.144. The number of carboxylic acid groups (broad SMARTS) is 1. The second kappa shape index (κ2) is 12.5. The first kappa shape index (κ1) is 34.0. The number of alkyl halides is 6. The maximum atomic E-state index is 14.0. The lowest BCUT2D eigenvalue weighted by atomic mass is 9.79. The number of rotatable bonds is 8. The third-order valence-corrected chi connectivity index (χ3v) is 9.75. The van der Waals surface area contributed by atoms with Crippen LogP contribution in [0, 0.1) is 30.0 Å². The van der Waals surface area contributed by atoms with Crippen LogP contribution in [0.15, 0.2) is 36.4 Å². The van der Waals surface area contributed by atoms with Gasteiger partial charge in [-0.2, -0.15) is 31.6 Å². The molecule has 45 heavy (non-hydrogen) atoms. The summed E-state index contributed by atoms with van der Waals surface area (Å²) in [7, 11) is 0. The van der Waals surface area contributed by atoms with Crippen molar-refractivity contribution in [2.45, 2.75) is 70.1 Å². The van der Waals surface area contributed by atoms with Crippen molar-refractivity contribution in [2.24, 2.45) is 5.92 Å². The van der Waals surface area contributed by atoms with Crippen LogP contribution in [0.4, 0.5) is 36.4 Å². The maximum Gasteiger partial charge on any atom is 0.416 e. The van der Waals surface area contributed by atoms with Crippen LogP contribution in [0.1, 0.15) is 78.1 Å². The molecule has 1 saturated carbocycles. The zero-order valence-corrected chi connectivity index (χ0v) is 25.2. The van der Waals surface area contributed by atoms with E-state index < -0.39 is 64.5 Å². The topological polar surface area (TPSA) is 90.2 Å². The van der Waals surface area contributed by atoms with E-state index in [4.69, 9.17) is 0 Å². The molecule has 0 saturated heterocycles. The molecule has 1 aromatic heterocycles. The summed E-state index contributed by atoms with van der Waals surface area (Å²) in [6.45, 7) is 3.56. The first-order chi connectivity index (χ1) is 20.8. The van der Waals surface area contributed by atoms with Crippen LogP contribution in [-0.2, 0) is 27.4 Å². The fraction of sp³-hybridized carbons (Fsp3) is 0.406. The van der Waals surface area contributed by atoms with Crippen molar-refractivity contribution in [1.29, 1.82) is 5.26 Å². The van der Waals surface area contributed by atoms with E-state index in [1.54, 1.807) is 6.92 Å². The number of aliphatic carboxylic acids is 1. The first-order valence-electron chi connectivity index (χ1n) is 14.0. The fourth-order valence-electron chi connectivity index (χ4n) is 5.56. The van der Waals surface area contributed by atoms with Crippen molar-refractivity contribution in [3.63, 3.8) is 0 Å². The Labute approximate surface area is 258 Å². The van der Waals surface area contributed by atoms with Crippen molar-refractivity contribution in [3.05, 3.63) is 74.9 Å². The van der Waals surface area contributed by atoms with Crippen LogP contribution in [-0.4, -0.2) is 23.4 Å². The molecule has 2 N–H and O–H groups in total. The van der Waals surface area contributed by atoms with Crippen LogP contribution in [0.2, 0.25) is 0 Å². The number of aryl methyl sites for hydroxylation is 1. The number of halogens is 7. The largest absolute Gasteiger partial charge is 0.481 e. The summed E-state index contributed by atoms with van der Waals surface area (Å²) < 4.78 is 95.0. The summed E-state index contributed by atoms with van der Waals surface area (Å²) in [5, 5.41) is 22.5. The van der Waals surface area contributed by atoms with Crippen LogP contribution < -0.4 is 5.32 Å². The molecule has 0 amide bonds. The number of carbonyl (C=O) groups is 2. The van der Waals surface area contributed by atoms with Crippen molar-refractivity contribution in [1.82, 2.24) is 0 Å². The lowest BCUT2D eigenvalue weighted by Gasteiger charge is -2.26. The Balaban J connectivity index is 1.73. The SMILES string of the molecule is Cc1cc(F)ccc1-c1sc(C2CCC(C(=O)O)CC2)c(C#N)c1NCC(=O)C(C)(C)c1cc(C(F)(F)F)cc(C(F)(F)F)c1. The minimum Gasteiger partial charge on any atom is -0.481 e. The van der Waals surface area contributed by atoms with Crippen LogP contribution >= 0.6 is 11.3 Å². The van der Waals surface area contributed by atoms with Crippen LogP contribution in [0.5, 0.6) is 0 Å². The number of benzene rings is 2. The van der Waals surface area contributed by atoms with Gasteiger partial charge >= 0.3 is 18.3 Å². The molecular formula is C32H29F7N2O3S. The molecule has 0 atom stereocenters. The Bertz CT molecular complexity index is 1630. The van der Waals surface area contributed by atoms with E-state index in [9.17, 15) is 50.7 Å². The zero-order valence-electron chi connectivity index (χ0n) is 24.4. The molecule has 5 nitrogen and oxygen atoms in total. The number of nitrogens with one attached hydrogen (secondary N) is 1. The molecule has 240 valence electrons. The lowest BCUT2D eigenvalue weighted by Crippen LogP contribution is -2.35. The fourth-order valence-corrected chi connectivity index (χ4v) is 7.04. The Kier molecular flexibility index (Phi) is 9.41. The standard InChI is InChI=1S/C32H29F7N2O3S/c1-16-10-22(33)8-9-23(16)28-26(24(14-40)27(45-28)17-4-6-18(7-5-17)29(43)44)41-15-25(42)30(2,3)19-11-20(31(34,35)36)13-21(12-19)32(37,38)39/h8-13,17-18,41H,4-7,15H2,1-3H3,(H,43,44). The van der Waals surface area contributed by atoms with Gasteiger partial charge in [0.1, 0.15) is 11.9 Å². The predicted molar refractivity (Wildman–Crippen MR) is 154 cm³/mol. The third-order valence-electron chi connectivity index (χ3n) is 8.36. The highest BCUT2D eigenvalue weighted by molar-refractivity contribution is 7.16. The first-order valence-corrected chi connectivity index (χ1v) is 14.8. The Morgan fingerprint density at radius 1 is 0.956 bits per heavy atom. The molecule has 0 bridgehead atoms. The molecule has 13 heteroatoms. The summed E-state index contributed by atoms with van der Waals surface area (Å²) in [5.74, 6) is -2.79. The van der Waals surface area contributed by atoms with Crippen molar-refractivity contribution < 1.29 is 45.4 Å². The van der Waals surface area contributed by atoms with Crippen LogP contribution in [0.3, 0.4) is 0 Å². The maximum absolute atomic E-state index is 14.0. The summed E-state index contributed by atoms with van der Waals surface area (Å²) in [4.78, 5) is 26.1. The second-order valence-electron chi connectivity index (χ2n) is 11.7. The number of nitrogens with zero attached hydrogens (tertiary/aromatic N) is 1. The molecule has 1 aliphatic carbocycles. The zero-order chi connectivity index (χ0) is 33.5. The monoisotopic (exact) mass is 654 g/mol. The van der Waals surface area contributed by atoms with Gasteiger partial charge in [-0.1, -0.05) is 6.07 Å². The Morgan fingerprint density at radius 3 is 2.00 bits per heavy atom. The average Bonchev–Trinajstić information content (AvgIpc) is 3.32. The number of anilines is 1. The molecule has 0 spiro atoms. The number of thiophene rings is 1. The molecule has 0 aliphatic heterocycles. The van der Waals surface area contributed by atoms with E-state index in [1.165, 1.54) is 43.4 Å². The van der Waals surface area contributed by atoms with Crippen molar-refractivity contribution >= 4 is 28.8 Å². The molecular weight excluding hydrogens is 625 g/mol. The quantitative estimate of drug-likeness (QED) is 0.237. The normalized spacial score (nSPS) is 17.5. The van der Waals surface area contributed by atoms with E-state index in [2.05, 4.69) is 11.4 Å². The van der Waals surface area contributed by atoms with Crippen molar-refractivity contribution in [2.75, 3.05) is 11.9 Å². The van der Waals surface area contributed by atoms with Gasteiger partial charge in [-0.3, -0.25) is 9.59 Å². The van der Waals surface area contributed by atoms with Gasteiger partial charge in [-0.05, 0) is 99.4 Å². The molecule has 3 aromatic rings. The number of carbonyl (C=O) groups excluding carboxylic acids is 1. The highest BCUT2D eigenvalue weighted by Gasteiger charge is 2.40. The third kappa shape index (κ3) is 7.16. The Morgan fingerprint density at radius 2 is 1.51 bits per heavy atom. The van der Waals surface area contributed by atoms with Gasteiger partial charge in [0.2, 0.25) is 0 Å². The van der Waals surface area contributed by atoms with E-state index in [1.807, 2.05) is 0 Å². The molecule has 2 aromatic carbocycles. The summed E-state index contributed by atoms with van der Waals surface area (Å²) in [6, 6.07) is 7.24. The number of carboxylic acids is 1. The second-order valence-corrected chi connectivity index (χ2v) is 12.8. The number of ketones is 1. The summed E-state index contributed by atoms with van der Waals surface area (Å²) in [6.07, 6.45) is -8.38. The average molecular weight is 655 g/mol. The minimum atomic E-state index is -5.09. The highest BCUT2D eigenvalue weighted by atomic mass is 32.1. The highest BCUT2D eigenvalue weighted by Crippen LogP contribution is 2.49. The van der Waals surface area contributed by atoms with Gasteiger partial charge in [-0.15, -0.1) is 11.3 Å². The van der Waals surface area contributed by atoms with Gasteiger partial charge in [0.25, 0.3) is 0 Å². The van der Waals surface area contributed by atoms with E-state index in [0.29, 0.717) is 58.7 Å². The number of hydrogen-bond donors (Lipinski definition) is 2. The number of nitriles is 1. The van der Waals surface area contributed by atoms with Gasteiger partial charge < -0.3 is 10.4 Å². The van der Waals surface area contributed by atoms with E-state index in [-0.39, 0.29) is 23.2 Å². The number of Topliss-reactive ketones (excluding diaryl/α,β-unsaturated/α-hetero) is 1. The molecule has 1 aliphatic rings. The van der Waals surface area contributed by atoms with Gasteiger partial charge in [-0.25, -0.2) is 4.39 Å². The molecule has 4 rings (SSSR count). The smallest absolute Gasteiger partial charge is 0.416 e. The number of hydrogen-bond acceptors (Lipinski definition) is 5. The molecule has 0 unspecified atom stereocenters. The van der Waals surface area contributed by atoms with Gasteiger partial charge in [0, 0.05) is 4.88 Å². The minimum absolute atomic E-state index is 0.00434. The molecule has 0 radical (unpaired) electrons. The summed E-state index contributed by atoms with van der Waals surface area (Å²) >= 11 is 1.25. The van der Waals surface area contributed by atoms with Crippen LogP contribution in [0.25, 0.3) is 10.4 Å². The molecule has 1 fully saturated rings. The Hall–Kier alpha value is -3.92. The predicted octanol–water partition coefficient (Wildman–Crippen LogP) is 9.09. The van der Waals surface area contributed by atoms with Gasteiger partial charge in [0.05, 0.1) is 45.1 Å². The van der Waals surface area contributed by atoms with E-state index >= 15 is 0 Å². The van der Waals surface area contributed by atoms with Gasteiger partial charge in [0.15, 0.2) is 5.78 Å². The van der Waals surface area contributed by atoms with E-state index in [0.717, 1.165) is 0 Å². The molecule has 1 heterocycles.